The molecule has 0 atom stereocenters. The van der Waals surface area contributed by atoms with Crippen LogP contribution in [-0.2, 0) is 4.79 Å². The molecular weight excluding hydrogens is 152 g/mol. The van der Waals surface area contributed by atoms with E-state index in [-0.39, 0.29) is 5.91 Å². The highest BCUT2D eigenvalue weighted by molar-refractivity contribution is 5.90. The predicted octanol–water partition coefficient (Wildman–Crippen LogP) is 0.774. The van der Waals surface area contributed by atoms with E-state index in [1.54, 1.807) is 12.1 Å². The first-order chi connectivity index (χ1) is 5.83. The standard InChI is InChI=1S/C9H11N2O/c10-7-6-9(12)11-8-4-2-1-3-5-8/h1-2,4-5H,6-7,10H2,(H,11,12). The molecule has 1 aromatic rings. The molecule has 63 valence electrons. The number of nitrogens with one attached hydrogen (secondary N) is 1. The number of amides is 1. The van der Waals surface area contributed by atoms with Crippen LogP contribution in [0.25, 0.3) is 0 Å². The van der Waals surface area contributed by atoms with Gasteiger partial charge in [-0.25, -0.2) is 0 Å². The molecule has 0 aliphatic carbocycles. The van der Waals surface area contributed by atoms with Crippen LogP contribution in [-0.4, -0.2) is 12.5 Å². The second kappa shape index (κ2) is 4.51. The topological polar surface area (TPSA) is 55.1 Å². The van der Waals surface area contributed by atoms with E-state index in [1.807, 2.05) is 12.1 Å². The fourth-order valence-corrected chi connectivity index (χ4v) is 0.826. The third-order valence-corrected chi connectivity index (χ3v) is 1.36. The Morgan fingerprint density at radius 2 is 2.50 bits per heavy atom. The Labute approximate surface area is 71.6 Å². The van der Waals surface area contributed by atoms with Crippen LogP contribution in [0.2, 0.25) is 0 Å². The molecule has 0 saturated heterocycles. The van der Waals surface area contributed by atoms with E-state index >= 15 is 0 Å². The summed E-state index contributed by atoms with van der Waals surface area (Å²) in [4.78, 5) is 11.0. The molecule has 0 bridgehead atoms. The molecule has 0 spiro atoms. The maximum atomic E-state index is 11.0. The van der Waals surface area contributed by atoms with Gasteiger partial charge in [0.05, 0.1) is 0 Å². The van der Waals surface area contributed by atoms with E-state index in [1.165, 1.54) is 0 Å². The molecule has 1 amide bonds. The van der Waals surface area contributed by atoms with Crippen LogP contribution in [0, 0.1) is 6.07 Å². The summed E-state index contributed by atoms with van der Waals surface area (Å²) in [6.45, 7) is 0.377. The minimum absolute atomic E-state index is 0.0582. The smallest absolute Gasteiger partial charge is 0.225 e. The second-order valence-corrected chi connectivity index (χ2v) is 2.38. The van der Waals surface area contributed by atoms with Gasteiger partial charge in [0.15, 0.2) is 0 Å². The molecule has 0 saturated carbocycles. The molecule has 0 aromatic heterocycles. The average Bonchev–Trinajstić information content (AvgIpc) is 2.06. The zero-order valence-electron chi connectivity index (χ0n) is 6.71. The first-order valence-electron chi connectivity index (χ1n) is 3.79. The number of nitrogens with two attached hydrogens (primary N) is 1. The van der Waals surface area contributed by atoms with Crippen LogP contribution < -0.4 is 11.1 Å². The minimum atomic E-state index is -0.0582. The van der Waals surface area contributed by atoms with Gasteiger partial charge in [-0.05, 0) is 18.2 Å². The fourth-order valence-electron chi connectivity index (χ4n) is 0.826. The molecule has 0 heterocycles. The highest BCUT2D eigenvalue weighted by Crippen LogP contribution is 2.04. The van der Waals surface area contributed by atoms with Crippen molar-refractivity contribution in [2.24, 2.45) is 5.73 Å². The Morgan fingerprint density at radius 1 is 1.67 bits per heavy atom. The van der Waals surface area contributed by atoms with Gasteiger partial charge in [0, 0.05) is 18.7 Å². The van der Waals surface area contributed by atoms with Crippen molar-refractivity contribution in [2.45, 2.75) is 6.42 Å². The first-order valence-corrected chi connectivity index (χ1v) is 3.79. The monoisotopic (exact) mass is 163 g/mol. The molecule has 1 aromatic carbocycles. The summed E-state index contributed by atoms with van der Waals surface area (Å²) >= 11 is 0. The first kappa shape index (κ1) is 8.74. The van der Waals surface area contributed by atoms with Crippen molar-refractivity contribution in [1.29, 1.82) is 0 Å². The van der Waals surface area contributed by atoms with Crippen LogP contribution in [0.5, 0.6) is 0 Å². The van der Waals surface area contributed by atoms with Crippen molar-refractivity contribution >= 4 is 11.6 Å². The lowest BCUT2D eigenvalue weighted by Crippen LogP contribution is -2.15. The summed E-state index contributed by atoms with van der Waals surface area (Å²) in [7, 11) is 0. The molecule has 3 nitrogen and oxygen atoms in total. The van der Waals surface area contributed by atoms with Crippen LogP contribution in [0.15, 0.2) is 24.3 Å². The van der Waals surface area contributed by atoms with E-state index in [4.69, 9.17) is 5.73 Å². The molecule has 0 aliphatic rings. The number of rotatable bonds is 3. The Morgan fingerprint density at radius 3 is 3.08 bits per heavy atom. The van der Waals surface area contributed by atoms with Gasteiger partial charge < -0.3 is 11.1 Å². The maximum Gasteiger partial charge on any atom is 0.225 e. The van der Waals surface area contributed by atoms with Gasteiger partial charge in [0.2, 0.25) is 5.91 Å². The van der Waals surface area contributed by atoms with Crippen LogP contribution >= 0.6 is 0 Å². The number of carbonyl (C=O) groups is 1. The van der Waals surface area contributed by atoms with Gasteiger partial charge in [-0.15, -0.1) is 0 Å². The molecular formula is C9H11N2O. The molecule has 3 N–H and O–H groups in total. The Balaban J connectivity index is 2.47. The number of hydrogen-bond donors (Lipinski definition) is 2. The fraction of sp³-hybridized carbons (Fsp3) is 0.222. The van der Waals surface area contributed by atoms with Crippen molar-refractivity contribution in [1.82, 2.24) is 0 Å². The summed E-state index contributed by atoms with van der Waals surface area (Å²) in [5.41, 5.74) is 5.97. The second-order valence-electron chi connectivity index (χ2n) is 2.38. The summed E-state index contributed by atoms with van der Waals surface area (Å²) in [5, 5.41) is 2.69. The quantitative estimate of drug-likeness (QED) is 0.691. The zero-order chi connectivity index (χ0) is 8.81. The van der Waals surface area contributed by atoms with E-state index in [0.29, 0.717) is 13.0 Å². The van der Waals surface area contributed by atoms with E-state index in [0.717, 1.165) is 5.69 Å². The summed E-state index contributed by atoms with van der Waals surface area (Å²) in [6, 6.07) is 9.98. The summed E-state index contributed by atoms with van der Waals surface area (Å²) in [5.74, 6) is -0.0582. The normalized spacial score (nSPS) is 9.42. The molecule has 0 fully saturated rings. The van der Waals surface area contributed by atoms with Gasteiger partial charge in [0.25, 0.3) is 0 Å². The van der Waals surface area contributed by atoms with Crippen molar-refractivity contribution in [3.8, 4) is 0 Å². The number of anilines is 1. The van der Waals surface area contributed by atoms with Crippen molar-refractivity contribution < 1.29 is 4.79 Å². The van der Waals surface area contributed by atoms with Gasteiger partial charge in [-0.3, -0.25) is 4.79 Å². The molecule has 1 radical (unpaired) electrons. The third-order valence-electron chi connectivity index (χ3n) is 1.36. The number of hydrogen-bond acceptors (Lipinski definition) is 2. The highest BCUT2D eigenvalue weighted by atomic mass is 16.1. The summed E-state index contributed by atoms with van der Waals surface area (Å²) < 4.78 is 0. The molecule has 1 rings (SSSR count). The van der Waals surface area contributed by atoms with Crippen molar-refractivity contribution in [2.75, 3.05) is 11.9 Å². The Bertz CT molecular complexity index is 246. The van der Waals surface area contributed by atoms with Gasteiger partial charge in [-0.2, -0.15) is 0 Å². The van der Waals surface area contributed by atoms with Crippen LogP contribution in [0.4, 0.5) is 5.69 Å². The average molecular weight is 163 g/mol. The zero-order valence-corrected chi connectivity index (χ0v) is 6.71. The predicted molar refractivity (Wildman–Crippen MR) is 47.6 cm³/mol. The van der Waals surface area contributed by atoms with Gasteiger partial charge in [-0.1, -0.05) is 12.1 Å². The van der Waals surface area contributed by atoms with Crippen LogP contribution in [0.1, 0.15) is 6.42 Å². The largest absolute Gasteiger partial charge is 0.330 e. The van der Waals surface area contributed by atoms with Crippen molar-refractivity contribution in [3.63, 3.8) is 0 Å². The minimum Gasteiger partial charge on any atom is -0.330 e. The van der Waals surface area contributed by atoms with Crippen molar-refractivity contribution in [3.05, 3.63) is 30.3 Å². The summed E-state index contributed by atoms with van der Waals surface area (Å²) in [6.07, 6.45) is 0.356. The lowest BCUT2D eigenvalue weighted by molar-refractivity contribution is -0.116. The third kappa shape index (κ3) is 2.72. The van der Waals surface area contributed by atoms with Crippen LogP contribution in [0.3, 0.4) is 0 Å². The number of benzene rings is 1. The highest BCUT2D eigenvalue weighted by Gasteiger charge is 1.98. The molecule has 12 heavy (non-hydrogen) atoms. The van der Waals surface area contributed by atoms with E-state index in [9.17, 15) is 4.79 Å². The lowest BCUT2D eigenvalue weighted by atomic mass is 10.3. The maximum absolute atomic E-state index is 11.0. The molecule has 3 heteroatoms. The van der Waals surface area contributed by atoms with E-state index < -0.39 is 0 Å². The lowest BCUT2D eigenvalue weighted by Gasteiger charge is -2.02. The van der Waals surface area contributed by atoms with Gasteiger partial charge >= 0.3 is 0 Å². The Kier molecular flexibility index (Phi) is 3.29. The van der Waals surface area contributed by atoms with E-state index in [2.05, 4.69) is 11.4 Å². The number of carbonyl (C=O) groups excluding carboxylic acids is 1. The Hall–Kier alpha value is -1.35. The SMILES string of the molecule is NCCC(=O)Nc1c[c]ccc1. The molecule has 0 unspecified atom stereocenters. The molecule has 0 aliphatic heterocycles. The van der Waals surface area contributed by atoms with Gasteiger partial charge in [0.1, 0.15) is 0 Å².